The molecule has 0 saturated heterocycles. The first-order valence-corrected chi connectivity index (χ1v) is 17.0. The van der Waals surface area contributed by atoms with Gasteiger partial charge in [-0.3, -0.25) is 0 Å². The van der Waals surface area contributed by atoms with Gasteiger partial charge >= 0.3 is 0 Å². The standard InChI is InChI=1S/C45H26N4O2/c1-3-13-27(14-4-1)43-46-44(28-15-5-2-6-16-28)48-45(47-43)35-21-11-19-32-33-20-12-23-37(41(33)51-40(32)35)49-36-22-9-7-17-29(36)31-25-26-34-30-18-8-10-24-38(30)50-42(34)39(31)49/h1-26H. The first kappa shape index (κ1) is 27.9. The van der Waals surface area contributed by atoms with Gasteiger partial charge in [0.2, 0.25) is 0 Å². The molecular weight excluding hydrogens is 629 g/mol. The third-order valence-electron chi connectivity index (χ3n) is 9.86. The summed E-state index contributed by atoms with van der Waals surface area (Å²) in [5.41, 5.74) is 8.86. The van der Waals surface area contributed by atoms with Gasteiger partial charge in [0.15, 0.2) is 28.6 Å². The van der Waals surface area contributed by atoms with Gasteiger partial charge in [-0.05, 0) is 30.3 Å². The van der Waals surface area contributed by atoms with Gasteiger partial charge in [-0.2, -0.15) is 0 Å². The Morgan fingerprint density at radius 2 is 0.941 bits per heavy atom. The van der Waals surface area contributed by atoms with E-state index in [4.69, 9.17) is 23.8 Å². The zero-order chi connectivity index (χ0) is 33.5. The van der Waals surface area contributed by atoms with Crippen LogP contribution in [-0.4, -0.2) is 19.5 Å². The van der Waals surface area contributed by atoms with Crippen LogP contribution in [0.4, 0.5) is 0 Å². The van der Waals surface area contributed by atoms with Crippen molar-refractivity contribution in [1.82, 2.24) is 19.5 Å². The predicted octanol–water partition coefficient (Wildman–Crippen LogP) is 11.8. The van der Waals surface area contributed by atoms with Gasteiger partial charge in [0.25, 0.3) is 0 Å². The van der Waals surface area contributed by atoms with Crippen molar-refractivity contribution in [2.45, 2.75) is 0 Å². The van der Waals surface area contributed by atoms with Crippen molar-refractivity contribution in [3.8, 4) is 39.9 Å². The highest BCUT2D eigenvalue weighted by Gasteiger charge is 2.23. The molecule has 0 saturated carbocycles. The van der Waals surface area contributed by atoms with E-state index in [1.54, 1.807) is 0 Å². The monoisotopic (exact) mass is 654 g/mol. The Morgan fingerprint density at radius 1 is 0.373 bits per heavy atom. The van der Waals surface area contributed by atoms with E-state index in [1.807, 2.05) is 84.9 Å². The molecule has 51 heavy (non-hydrogen) atoms. The molecule has 0 fully saturated rings. The highest BCUT2D eigenvalue weighted by atomic mass is 16.3. The van der Waals surface area contributed by atoms with Crippen molar-refractivity contribution < 1.29 is 8.83 Å². The number of para-hydroxylation sites is 4. The Balaban J connectivity index is 1.20. The second-order valence-corrected chi connectivity index (χ2v) is 12.8. The van der Waals surface area contributed by atoms with E-state index in [0.29, 0.717) is 17.5 Å². The summed E-state index contributed by atoms with van der Waals surface area (Å²) in [7, 11) is 0. The minimum Gasteiger partial charge on any atom is -0.454 e. The summed E-state index contributed by atoms with van der Waals surface area (Å²) >= 11 is 0. The van der Waals surface area contributed by atoms with E-state index in [0.717, 1.165) is 88.1 Å². The molecule has 4 aromatic heterocycles. The Kier molecular flexibility index (Phi) is 5.86. The molecule has 0 spiro atoms. The number of nitrogens with zero attached hydrogens (tertiary/aromatic N) is 4. The molecule has 4 heterocycles. The summed E-state index contributed by atoms with van der Waals surface area (Å²) in [6.07, 6.45) is 0. The fraction of sp³-hybridized carbons (Fsp3) is 0. The average molecular weight is 655 g/mol. The van der Waals surface area contributed by atoms with E-state index in [-0.39, 0.29) is 0 Å². The molecule has 6 nitrogen and oxygen atoms in total. The van der Waals surface area contributed by atoms with E-state index < -0.39 is 0 Å². The van der Waals surface area contributed by atoms with Gasteiger partial charge in [-0.15, -0.1) is 0 Å². The fourth-order valence-corrected chi connectivity index (χ4v) is 7.57. The van der Waals surface area contributed by atoms with Crippen molar-refractivity contribution in [2.24, 2.45) is 0 Å². The molecule has 0 atom stereocenters. The van der Waals surface area contributed by atoms with Gasteiger partial charge in [-0.25, -0.2) is 15.0 Å². The van der Waals surface area contributed by atoms with Crippen LogP contribution in [0.1, 0.15) is 0 Å². The first-order chi connectivity index (χ1) is 25.3. The number of aromatic nitrogens is 4. The quantitative estimate of drug-likeness (QED) is 0.189. The largest absolute Gasteiger partial charge is 0.454 e. The minimum atomic E-state index is 0.551. The summed E-state index contributed by atoms with van der Waals surface area (Å²) < 4.78 is 15.9. The average Bonchev–Trinajstić information content (AvgIpc) is 3.88. The van der Waals surface area contributed by atoms with Crippen LogP contribution in [-0.2, 0) is 0 Å². The number of hydrogen-bond acceptors (Lipinski definition) is 5. The van der Waals surface area contributed by atoms with Crippen LogP contribution >= 0.6 is 0 Å². The Hall–Kier alpha value is -7.05. The molecule has 0 N–H and O–H groups in total. The second kappa shape index (κ2) is 10.7. The van der Waals surface area contributed by atoms with E-state index in [9.17, 15) is 0 Å². The fourth-order valence-electron chi connectivity index (χ4n) is 7.57. The van der Waals surface area contributed by atoms with Crippen LogP contribution in [0.2, 0.25) is 0 Å². The van der Waals surface area contributed by atoms with Crippen molar-refractivity contribution in [3.63, 3.8) is 0 Å². The minimum absolute atomic E-state index is 0.551. The number of furan rings is 2. The van der Waals surface area contributed by atoms with Crippen LogP contribution < -0.4 is 0 Å². The van der Waals surface area contributed by atoms with Crippen LogP contribution in [0, 0.1) is 0 Å². The summed E-state index contributed by atoms with van der Waals surface area (Å²) in [5, 5.41) is 6.45. The van der Waals surface area contributed by atoms with Gasteiger partial charge < -0.3 is 13.4 Å². The number of hydrogen-bond donors (Lipinski definition) is 0. The smallest absolute Gasteiger partial charge is 0.167 e. The van der Waals surface area contributed by atoms with Crippen LogP contribution in [0.25, 0.3) is 106 Å². The normalized spacial score (nSPS) is 11.9. The summed E-state index contributed by atoms with van der Waals surface area (Å²) in [5.74, 6) is 1.76. The molecule has 0 radical (unpaired) electrons. The molecule has 11 rings (SSSR count). The Labute approximate surface area is 290 Å². The van der Waals surface area contributed by atoms with Crippen LogP contribution in [0.5, 0.6) is 0 Å². The third-order valence-corrected chi connectivity index (χ3v) is 9.86. The predicted molar refractivity (Wildman–Crippen MR) is 205 cm³/mol. The summed E-state index contributed by atoms with van der Waals surface area (Å²) in [4.78, 5) is 15.0. The topological polar surface area (TPSA) is 69.9 Å². The maximum atomic E-state index is 7.00. The molecule has 6 heteroatoms. The van der Waals surface area contributed by atoms with E-state index in [1.165, 1.54) is 0 Å². The molecule has 11 aromatic rings. The van der Waals surface area contributed by atoms with Gasteiger partial charge in [0, 0.05) is 43.4 Å². The molecule has 0 aliphatic rings. The maximum absolute atomic E-state index is 7.00. The zero-order valence-corrected chi connectivity index (χ0v) is 27.1. The van der Waals surface area contributed by atoms with Crippen molar-refractivity contribution in [1.29, 1.82) is 0 Å². The van der Waals surface area contributed by atoms with E-state index >= 15 is 0 Å². The molecule has 0 aliphatic heterocycles. The molecule has 7 aromatic carbocycles. The Bertz CT molecular complexity index is 3080. The van der Waals surface area contributed by atoms with Crippen molar-refractivity contribution in [3.05, 3.63) is 158 Å². The lowest BCUT2D eigenvalue weighted by Gasteiger charge is -2.09. The highest BCUT2D eigenvalue weighted by Crippen LogP contribution is 2.43. The zero-order valence-electron chi connectivity index (χ0n) is 27.1. The highest BCUT2D eigenvalue weighted by molar-refractivity contribution is 6.22. The second-order valence-electron chi connectivity index (χ2n) is 12.8. The molecular formula is C45H26N4O2. The lowest BCUT2D eigenvalue weighted by molar-refractivity contribution is 0.665. The maximum Gasteiger partial charge on any atom is 0.167 e. The van der Waals surface area contributed by atoms with Crippen molar-refractivity contribution >= 4 is 65.7 Å². The lowest BCUT2D eigenvalue weighted by Crippen LogP contribution is -2.00. The first-order valence-electron chi connectivity index (χ1n) is 17.0. The number of rotatable bonds is 4. The summed E-state index contributed by atoms with van der Waals surface area (Å²) in [6.45, 7) is 0. The Morgan fingerprint density at radius 3 is 1.71 bits per heavy atom. The van der Waals surface area contributed by atoms with Crippen LogP contribution in [0.15, 0.2) is 167 Å². The third kappa shape index (κ3) is 4.14. The van der Waals surface area contributed by atoms with Crippen molar-refractivity contribution in [2.75, 3.05) is 0 Å². The number of fused-ring (bicyclic) bond motifs is 10. The van der Waals surface area contributed by atoms with Gasteiger partial charge in [0.05, 0.1) is 22.3 Å². The summed E-state index contributed by atoms with van der Waals surface area (Å²) in [6, 6.07) is 53.7. The molecule has 0 unspecified atom stereocenters. The van der Waals surface area contributed by atoms with Gasteiger partial charge in [-0.1, -0.05) is 127 Å². The SMILES string of the molecule is c1ccc(-c2nc(-c3ccccc3)nc(-c3cccc4c3oc3c(-n5c6ccccc6c6ccc7c8ccccc8oc7c65)cccc34)n2)cc1. The molecule has 0 bridgehead atoms. The molecule has 238 valence electrons. The van der Waals surface area contributed by atoms with E-state index in [2.05, 4.69) is 77.4 Å². The molecule has 0 amide bonds. The van der Waals surface area contributed by atoms with Crippen LogP contribution in [0.3, 0.4) is 0 Å². The number of benzene rings is 7. The van der Waals surface area contributed by atoms with Gasteiger partial charge in [0.1, 0.15) is 11.2 Å². The lowest BCUT2D eigenvalue weighted by atomic mass is 10.1. The molecule has 0 aliphatic carbocycles.